The Morgan fingerprint density at radius 2 is 1.90 bits per heavy atom. The van der Waals surface area contributed by atoms with Crippen LogP contribution < -0.4 is 15.5 Å². The summed E-state index contributed by atoms with van der Waals surface area (Å²) in [5.74, 6) is -0.0902. The van der Waals surface area contributed by atoms with E-state index in [0.29, 0.717) is 11.1 Å². The number of carbonyl (C=O) groups is 2. The van der Waals surface area contributed by atoms with E-state index in [9.17, 15) is 9.59 Å². The van der Waals surface area contributed by atoms with Crippen molar-refractivity contribution in [1.82, 2.24) is 20.0 Å². The molecule has 218 valence electrons. The molecule has 2 amide bonds. The minimum atomic E-state index is -0.563. The number of likely N-dealkylation sites (tertiary alicyclic amines) is 1. The summed E-state index contributed by atoms with van der Waals surface area (Å²) in [5, 5.41) is 10.3. The number of rotatable bonds is 6. The largest absolute Gasteiger partial charge is 0.446 e. The molecule has 2 aliphatic heterocycles. The van der Waals surface area contributed by atoms with Crippen molar-refractivity contribution in [3.05, 3.63) is 71.2 Å². The van der Waals surface area contributed by atoms with Gasteiger partial charge in [0, 0.05) is 43.4 Å². The number of piperidine rings is 1. The zero-order valence-electron chi connectivity index (χ0n) is 24.2. The first-order chi connectivity index (χ1) is 19.6. The Morgan fingerprint density at radius 3 is 2.63 bits per heavy atom. The van der Waals surface area contributed by atoms with Crippen LogP contribution in [-0.2, 0) is 24.9 Å². The van der Waals surface area contributed by atoms with E-state index in [0.717, 1.165) is 56.0 Å². The third kappa shape index (κ3) is 6.87. The standard InChI is InChI=1S/C31H39FN6O3/c1-31(2,3)13-16-37-14-11-24(12-15-37)41-30(40)33-18-22-10-9-21(17-25(22)32)29(39)38-20-23-19-34-36(4)28(23)35-26-7-5-6-8-27(26)38/h5-10,17,19,24,35H,11-16,18,20H2,1-4H3,(H,33,40). The molecule has 2 aliphatic rings. The van der Waals surface area contributed by atoms with E-state index in [2.05, 4.69) is 41.4 Å². The molecule has 1 fully saturated rings. The lowest BCUT2D eigenvalue weighted by atomic mass is 9.91. The van der Waals surface area contributed by atoms with Crippen LogP contribution in [0.4, 0.5) is 26.4 Å². The Hall–Kier alpha value is -3.92. The van der Waals surface area contributed by atoms with Crippen LogP contribution in [0.3, 0.4) is 0 Å². The van der Waals surface area contributed by atoms with Crippen LogP contribution in [-0.4, -0.2) is 52.4 Å². The van der Waals surface area contributed by atoms with Crippen molar-refractivity contribution in [3.8, 4) is 0 Å². The second-order valence-electron chi connectivity index (χ2n) is 12.1. The molecule has 2 aromatic carbocycles. The fourth-order valence-electron chi connectivity index (χ4n) is 5.22. The van der Waals surface area contributed by atoms with Gasteiger partial charge in [0.2, 0.25) is 0 Å². The van der Waals surface area contributed by atoms with Gasteiger partial charge < -0.3 is 25.2 Å². The minimum Gasteiger partial charge on any atom is -0.446 e. The third-order valence-electron chi connectivity index (χ3n) is 7.75. The molecule has 1 aromatic heterocycles. The number of alkyl carbamates (subject to hydrolysis) is 1. The molecule has 1 saturated heterocycles. The fraction of sp³-hybridized carbons (Fsp3) is 0.452. The van der Waals surface area contributed by atoms with Crippen molar-refractivity contribution < 1.29 is 18.7 Å². The topological polar surface area (TPSA) is 91.7 Å². The summed E-state index contributed by atoms with van der Waals surface area (Å²) in [7, 11) is 1.83. The number of ether oxygens (including phenoxy) is 1. The Bertz CT molecular complexity index is 1410. The van der Waals surface area contributed by atoms with Gasteiger partial charge in [0.05, 0.1) is 24.1 Å². The molecular weight excluding hydrogens is 523 g/mol. The Morgan fingerprint density at radius 1 is 1.15 bits per heavy atom. The van der Waals surface area contributed by atoms with Gasteiger partial charge in [-0.3, -0.25) is 9.48 Å². The van der Waals surface area contributed by atoms with E-state index >= 15 is 4.39 Å². The lowest BCUT2D eigenvalue weighted by molar-refractivity contribution is 0.0479. The lowest BCUT2D eigenvalue weighted by Crippen LogP contribution is -2.40. The molecule has 3 heterocycles. The minimum absolute atomic E-state index is 0.0287. The molecule has 0 aliphatic carbocycles. The number of carbonyl (C=O) groups excluding carboxylic acids is 2. The Balaban J connectivity index is 1.17. The van der Waals surface area contributed by atoms with Gasteiger partial charge in [-0.1, -0.05) is 39.0 Å². The second kappa shape index (κ2) is 11.9. The maximum atomic E-state index is 15.1. The monoisotopic (exact) mass is 562 g/mol. The highest BCUT2D eigenvalue weighted by atomic mass is 19.1. The average molecular weight is 563 g/mol. The van der Waals surface area contributed by atoms with Gasteiger partial charge in [-0.2, -0.15) is 5.10 Å². The smallest absolute Gasteiger partial charge is 0.407 e. The predicted molar refractivity (Wildman–Crippen MR) is 157 cm³/mol. The van der Waals surface area contributed by atoms with Crippen LogP contribution in [0.25, 0.3) is 0 Å². The summed E-state index contributed by atoms with van der Waals surface area (Å²) in [5.41, 5.74) is 3.11. The Labute approximate surface area is 240 Å². The van der Waals surface area contributed by atoms with Crippen molar-refractivity contribution in [2.24, 2.45) is 12.5 Å². The van der Waals surface area contributed by atoms with Crippen LogP contribution in [0.1, 0.15) is 61.5 Å². The van der Waals surface area contributed by atoms with Crippen molar-refractivity contribution in [2.75, 3.05) is 29.9 Å². The van der Waals surface area contributed by atoms with Crippen LogP contribution in [0.5, 0.6) is 0 Å². The summed E-state index contributed by atoms with van der Waals surface area (Å²) in [6.45, 7) is 9.83. The summed E-state index contributed by atoms with van der Waals surface area (Å²) < 4.78 is 22.4. The van der Waals surface area contributed by atoms with E-state index in [1.54, 1.807) is 21.8 Å². The molecule has 9 nitrogen and oxygen atoms in total. The molecule has 2 N–H and O–H groups in total. The number of anilines is 3. The highest BCUT2D eigenvalue weighted by Gasteiger charge is 2.27. The molecule has 5 rings (SSSR count). The van der Waals surface area contributed by atoms with Crippen molar-refractivity contribution >= 4 is 29.2 Å². The highest BCUT2D eigenvalue weighted by Crippen LogP contribution is 2.36. The first-order valence-corrected chi connectivity index (χ1v) is 14.2. The van der Waals surface area contributed by atoms with Gasteiger partial charge in [-0.15, -0.1) is 0 Å². The molecule has 0 bridgehead atoms. The summed E-state index contributed by atoms with van der Waals surface area (Å²) >= 11 is 0. The van der Waals surface area contributed by atoms with Gasteiger partial charge in [0.25, 0.3) is 5.91 Å². The zero-order chi connectivity index (χ0) is 29.1. The maximum absolute atomic E-state index is 15.1. The van der Waals surface area contributed by atoms with E-state index in [1.807, 2.05) is 31.3 Å². The van der Waals surface area contributed by atoms with Gasteiger partial charge in [-0.25, -0.2) is 9.18 Å². The van der Waals surface area contributed by atoms with E-state index in [4.69, 9.17) is 4.74 Å². The van der Waals surface area contributed by atoms with Crippen LogP contribution in [0.2, 0.25) is 0 Å². The number of hydrogen-bond donors (Lipinski definition) is 2. The molecular formula is C31H39FN6O3. The number of amides is 2. The number of nitrogens with one attached hydrogen (secondary N) is 2. The van der Waals surface area contributed by atoms with Gasteiger partial charge in [0.15, 0.2) is 0 Å². The average Bonchev–Trinajstić information content (AvgIpc) is 3.18. The number of fused-ring (bicyclic) bond motifs is 2. The number of aryl methyl sites for hydroxylation is 1. The first-order valence-electron chi connectivity index (χ1n) is 14.2. The van der Waals surface area contributed by atoms with E-state index in [1.165, 1.54) is 12.1 Å². The fourth-order valence-corrected chi connectivity index (χ4v) is 5.22. The van der Waals surface area contributed by atoms with E-state index < -0.39 is 11.9 Å². The van der Waals surface area contributed by atoms with Crippen molar-refractivity contribution in [2.45, 2.75) is 59.2 Å². The molecule has 41 heavy (non-hydrogen) atoms. The number of aromatic nitrogens is 2. The van der Waals surface area contributed by atoms with Crippen molar-refractivity contribution in [3.63, 3.8) is 0 Å². The third-order valence-corrected chi connectivity index (χ3v) is 7.75. The van der Waals surface area contributed by atoms with Crippen LogP contribution in [0.15, 0.2) is 48.7 Å². The van der Waals surface area contributed by atoms with Gasteiger partial charge in [-0.05, 0) is 55.5 Å². The summed E-state index contributed by atoms with van der Waals surface area (Å²) in [4.78, 5) is 30.1. The first kappa shape index (κ1) is 28.6. The number of para-hydroxylation sites is 2. The molecule has 0 spiro atoms. The number of hydrogen-bond acceptors (Lipinski definition) is 6. The lowest BCUT2D eigenvalue weighted by Gasteiger charge is -2.33. The number of benzene rings is 2. The molecule has 3 aromatic rings. The second-order valence-corrected chi connectivity index (χ2v) is 12.1. The van der Waals surface area contributed by atoms with Gasteiger partial charge in [0.1, 0.15) is 17.7 Å². The molecule has 0 radical (unpaired) electrons. The molecule has 0 unspecified atom stereocenters. The summed E-state index contributed by atoms with van der Waals surface area (Å²) in [6, 6.07) is 11.8. The zero-order valence-corrected chi connectivity index (χ0v) is 24.2. The highest BCUT2D eigenvalue weighted by molar-refractivity contribution is 6.08. The van der Waals surface area contributed by atoms with Gasteiger partial charge >= 0.3 is 6.09 Å². The van der Waals surface area contributed by atoms with E-state index in [-0.39, 0.29) is 36.2 Å². The SMILES string of the molecule is Cn1ncc2c1Nc1ccccc1N(C(=O)c1ccc(CNC(=O)OC3CCN(CCC(C)(C)C)CC3)c(F)c1)C2. The molecule has 0 saturated carbocycles. The number of nitrogens with zero attached hydrogens (tertiary/aromatic N) is 4. The summed E-state index contributed by atoms with van der Waals surface area (Å²) in [6.07, 6.45) is 3.73. The molecule has 10 heteroatoms. The quantitative estimate of drug-likeness (QED) is 0.407. The maximum Gasteiger partial charge on any atom is 0.407 e. The van der Waals surface area contributed by atoms with Crippen molar-refractivity contribution in [1.29, 1.82) is 0 Å². The normalized spacial score (nSPS) is 15.9. The van der Waals surface area contributed by atoms with Crippen LogP contribution >= 0.6 is 0 Å². The molecule has 0 atom stereocenters. The van der Waals surface area contributed by atoms with Crippen LogP contribution in [0, 0.1) is 11.2 Å². The Kier molecular flexibility index (Phi) is 8.30. The number of halogens is 1. The predicted octanol–water partition coefficient (Wildman–Crippen LogP) is 5.59.